The van der Waals surface area contributed by atoms with Crippen molar-refractivity contribution < 1.29 is 14.3 Å². The molecule has 1 saturated heterocycles. The third-order valence-corrected chi connectivity index (χ3v) is 4.32. The lowest BCUT2D eigenvalue weighted by Gasteiger charge is -2.22. The van der Waals surface area contributed by atoms with Gasteiger partial charge in [0.15, 0.2) is 0 Å². The number of aromatic nitrogens is 3. The van der Waals surface area contributed by atoms with E-state index < -0.39 is 5.91 Å². The topological polar surface area (TPSA) is 111 Å². The Morgan fingerprint density at radius 3 is 2.83 bits per heavy atom. The molecule has 0 bridgehead atoms. The van der Waals surface area contributed by atoms with Gasteiger partial charge in [-0.2, -0.15) is 0 Å². The second-order valence-corrected chi connectivity index (χ2v) is 6.25. The van der Waals surface area contributed by atoms with Gasteiger partial charge in [-0.25, -0.2) is 9.97 Å². The average Bonchev–Trinajstić information content (AvgIpc) is 3.02. The smallest absolute Gasteiger partial charge is 0.273 e. The van der Waals surface area contributed by atoms with Crippen LogP contribution in [0.2, 0.25) is 0 Å². The van der Waals surface area contributed by atoms with Gasteiger partial charge < -0.3 is 15.4 Å². The fourth-order valence-corrected chi connectivity index (χ4v) is 3.08. The van der Waals surface area contributed by atoms with Crippen molar-refractivity contribution in [3.05, 3.63) is 40.4 Å². The van der Waals surface area contributed by atoms with E-state index in [1.54, 1.807) is 15.8 Å². The second-order valence-electron chi connectivity index (χ2n) is 5.53. The molecule has 0 radical (unpaired) electrons. The molecule has 126 valence electrons. The van der Waals surface area contributed by atoms with Gasteiger partial charge in [-0.15, -0.1) is 11.3 Å². The monoisotopic (exact) mass is 347 g/mol. The number of rotatable bonds is 4. The van der Waals surface area contributed by atoms with Crippen LogP contribution in [0.1, 0.15) is 26.7 Å². The van der Waals surface area contributed by atoms with Gasteiger partial charge in [0, 0.05) is 30.6 Å². The van der Waals surface area contributed by atoms with Crippen LogP contribution >= 0.6 is 11.3 Å². The Hall–Kier alpha value is -2.39. The van der Waals surface area contributed by atoms with Gasteiger partial charge in [-0.05, 0) is 6.42 Å². The molecule has 2 amide bonds. The molecule has 1 atom stereocenters. The molecule has 3 rings (SSSR count). The Balaban J connectivity index is 1.66. The predicted octanol–water partition coefficient (Wildman–Crippen LogP) is 0.363. The number of nitrogens with zero attached hydrogens (tertiary/aromatic N) is 4. The summed E-state index contributed by atoms with van der Waals surface area (Å²) in [5.41, 5.74) is 8.14. The summed E-state index contributed by atoms with van der Waals surface area (Å²) >= 11 is 1.40. The zero-order valence-corrected chi connectivity index (χ0v) is 13.7. The molecule has 24 heavy (non-hydrogen) atoms. The molecule has 1 aliphatic heterocycles. The zero-order chi connectivity index (χ0) is 16.9. The summed E-state index contributed by atoms with van der Waals surface area (Å²) in [6.45, 7) is 2.15. The van der Waals surface area contributed by atoms with Crippen LogP contribution in [0.3, 0.4) is 0 Å². The van der Waals surface area contributed by atoms with Crippen LogP contribution in [0.25, 0.3) is 0 Å². The molecular weight excluding hydrogens is 330 g/mol. The average molecular weight is 347 g/mol. The minimum absolute atomic E-state index is 0.0816. The number of nitrogens with two attached hydrogens (primary N) is 1. The third kappa shape index (κ3) is 3.92. The van der Waals surface area contributed by atoms with Crippen LogP contribution in [-0.2, 0) is 11.2 Å². The summed E-state index contributed by atoms with van der Waals surface area (Å²) in [6, 6.07) is 0. The number of hydrogen-bond acceptors (Lipinski definition) is 7. The summed E-state index contributed by atoms with van der Waals surface area (Å²) in [4.78, 5) is 37.5. The van der Waals surface area contributed by atoms with Gasteiger partial charge in [0.05, 0.1) is 30.6 Å². The van der Waals surface area contributed by atoms with E-state index in [9.17, 15) is 9.59 Å². The minimum Gasteiger partial charge on any atom is -0.379 e. The van der Waals surface area contributed by atoms with E-state index in [1.165, 1.54) is 23.7 Å². The Morgan fingerprint density at radius 1 is 1.29 bits per heavy atom. The van der Waals surface area contributed by atoms with E-state index >= 15 is 0 Å². The highest BCUT2D eigenvalue weighted by molar-refractivity contribution is 7.07. The number of carbonyl (C=O) groups excluding carboxylic acids is 2. The molecule has 9 heteroatoms. The number of ether oxygens (including phenoxy) is 1. The first-order chi connectivity index (χ1) is 11.6. The summed E-state index contributed by atoms with van der Waals surface area (Å²) in [7, 11) is 0. The molecule has 2 N–H and O–H groups in total. The molecule has 2 aromatic heterocycles. The van der Waals surface area contributed by atoms with Crippen molar-refractivity contribution in [3.63, 3.8) is 0 Å². The van der Waals surface area contributed by atoms with Crippen molar-refractivity contribution in [1.29, 1.82) is 0 Å². The Kier molecular flexibility index (Phi) is 5.11. The van der Waals surface area contributed by atoms with Crippen LogP contribution < -0.4 is 5.73 Å². The zero-order valence-electron chi connectivity index (χ0n) is 12.9. The van der Waals surface area contributed by atoms with E-state index in [0.717, 1.165) is 5.69 Å². The van der Waals surface area contributed by atoms with Crippen LogP contribution in [-0.4, -0.2) is 58.0 Å². The third-order valence-electron chi connectivity index (χ3n) is 3.73. The molecule has 0 spiro atoms. The summed E-state index contributed by atoms with van der Waals surface area (Å²) in [5, 5.41) is 1.75. The molecule has 1 unspecified atom stereocenters. The molecule has 8 nitrogen and oxygen atoms in total. The summed E-state index contributed by atoms with van der Waals surface area (Å²) in [6.07, 6.45) is 3.51. The fourth-order valence-electron chi connectivity index (χ4n) is 2.55. The lowest BCUT2D eigenvalue weighted by Crippen LogP contribution is -2.36. The Morgan fingerprint density at radius 2 is 2.17 bits per heavy atom. The van der Waals surface area contributed by atoms with Crippen LogP contribution in [0.4, 0.5) is 0 Å². The van der Waals surface area contributed by atoms with Gasteiger partial charge in [0.1, 0.15) is 11.4 Å². The molecule has 0 aromatic carbocycles. The Bertz CT molecular complexity index is 704. The van der Waals surface area contributed by atoms with Crippen molar-refractivity contribution in [1.82, 2.24) is 19.9 Å². The van der Waals surface area contributed by atoms with E-state index in [4.69, 9.17) is 10.5 Å². The second kappa shape index (κ2) is 7.45. The summed E-state index contributed by atoms with van der Waals surface area (Å²) < 4.78 is 5.61. The fraction of sp³-hybridized carbons (Fsp3) is 0.400. The van der Waals surface area contributed by atoms with E-state index in [0.29, 0.717) is 38.4 Å². The molecule has 0 saturated carbocycles. The van der Waals surface area contributed by atoms with Gasteiger partial charge >= 0.3 is 0 Å². The maximum Gasteiger partial charge on any atom is 0.273 e. The van der Waals surface area contributed by atoms with Crippen molar-refractivity contribution in [2.45, 2.75) is 6.42 Å². The Labute approximate surface area is 142 Å². The number of hydrogen-bond donors (Lipinski definition) is 1. The minimum atomic E-state index is -0.605. The first kappa shape index (κ1) is 16.5. The molecule has 1 fully saturated rings. The maximum absolute atomic E-state index is 12.5. The van der Waals surface area contributed by atoms with Crippen molar-refractivity contribution >= 4 is 23.2 Å². The highest BCUT2D eigenvalue weighted by atomic mass is 32.1. The highest BCUT2D eigenvalue weighted by Crippen LogP contribution is 2.15. The molecule has 1 aliphatic rings. The first-order valence-corrected chi connectivity index (χ1v) is 8.43. The van der Waals surface area contributed by atoms with Gasteiger partial charge in [-0.1, -0.05) is 0 Å². The number of thiazole rings is 1. The standard InChI is InChI=1S/C15H17N5O3S/c16-14(21)12-5-17-11(4-18-12)3-10-6-20(1-2-23-7-10)15(22)13-8-24-9-19-13/h4-5,8-10H,1-3,6-7H2,(H2,16,21). The van der Waals surface area contributed by atoms with E-state index in [2.05, 4.69) is 15.0 Å². The molecular formula is C15H17N5O3S. The quantitative estimate of drug-likeness (QED) is 0.855. The predicted molar refractivity (Wildman–Crippen MR) is 86.6 cm³/mol. The molecule has 2 aromatic rings. The van der Waals surface area contributed by atoms with Gasteiger partial charge in [-0.3, -0.25) is 14.6 Å². The van der Waals surface area contributed by atoms with Crippen LogP contribution in [0, 0.1) is 5.92 Å². The van der Waals surface area contributed by atoms with E-state index in [-0.39, 0.29) is 17.5 Å². The lowest BCUT2D eigenvalue weighted by molar-refractivity contribution is 0.0732. The van der Waals surface area contributed by atoms with Crippen molar-refractivity contribution in [2.24, 2.45) is 11.7 Å². The lowest BCUT2D eigenvalue weighted by atomic mass is 10.0. The summed E-state index contributed by atoms with van der Waals surface area (Å²) in [5.74, 6) is -0.586. The number of carbonyl (C=O) groups is 2. The van der Waals surface area contributed by atoms with Crippen molar-refractivity contribution in [2.75, 3.05) is 26.3 Å². The highest BCUT2D eigenvalue weighted by Gasteiger charge is 2.25. The largest absolute Gasteiger partial charge is 0.379 e. The number of amides is 2. The normalized spacial score (nSPS) is 18.2. The first-order valence-electron chi connectivity index (χ1n) is 7.49. The SMILES string of the molecule is NC(=O)c1cnc(CC2COCCN(C(=O)c3cscn3)C2)cn1. The number of primary amides is 1. The molecule has 0 aliphatic carbocycles. The van der Waals surface area contributed by atoms with Crippen molar-refractivity contribution in [3.8, 4) is 0 Å². The van der Waals surface area contributed by atoms with Crippen LogP contribution in [0.5, 0.6) is 0 Å². The van der Waals surface area contributed by atoms with E-state index in [1.807, 2.05) is 0 Å². The molecule has 3 heterocycles. The maximum atomic E-state index is 12.5. The van der Waals surface area contributed by atoms with Gasteiger partial charge in [0.25, 0.3) is 11.8 Å². The van der Waals surface area contributed by atoms with Crippen LogP contribution in [0.15, 0.2) is 23.3 Å². The van der Waals surface area contributed by atoms with Gasteiger partial charge in [0.2, 0.25) is 0 Å².